The fraction of sp³-hybridized carbons (Fsp3) is 0.933. The number of unbranched alkanes of at least 4 members (excludes halogenated alkanes) is 3. The molecule has 112 valence electrons. The van der Waals surface area contributed by atoms with E-state index in [-0.39, 0.29) is 5.91 Å². The molecule has 1 saturated heterocycles. The van der Waals surface area contributed by atoms with Crippen LogP contribution in [0, 0.1) is 5.92 Å². The van der Waals surface area contributed by atoms with E-state index in [9.17, 15) is 4.79 Å². The van der Waals surface area contributed by atoms with Gasteiger partial charge in [-0.05, 0) is 51.2 Å². The summed E-state index contributed by atoms with van der Waals surface area (Å²) in [6, 6.07) is 0. The standard InChI is InChI=1S/C15H31N3O/c1-14(13-18-10-6-7-11-18)12-17-15(19)8-4-2-3-5-9-16/h14H,2-13,16H2,1H3,(H,17,19). The Bertz CT molecular complexity index is 240. The number of hydrogen-bond acceptors (Lipinski definition) is 3. The Hall–Kier alpha value is -0.610. The molecule has 1 rings (SSSR count). The molecule has 0 spiro atoms. The van der Waals surface area contributed by atoms with Crippen molar-refractivity contribution in [3.05, 3.63) is 0 Å². The first-order valence-electron chi connectivity index (χ1n) is 7.91. The normalized spacial score (nSPS) is 17.6. The maximum absolute atomic E-state index is 11.7. The minimum Gasteiger partial charge on any atom is -0.356 e. The largest absolute Gasteiger partial charge is 0.356 e. The lowest BCUT2D eigenvalue weighted by molar-refractivity contribution is -0.121. The monoisotopic (exact) mass is 269 g/mol. The number of nitrogens with zero attached hydrogens (tertiary/aromatic N) is 1. The molecule has 1 heterocycles. The van der Waals surface area contributed by atoms with Gasteiger partial charge in [-0.25, -0.2) is 0 Å². The fourth-order valence-corrected chi connectivity index (χ4v) is 2.63. The molecule has 0 aliphatic carbocycles. The molecular formula is C15H31N3O. The Labute approximate surface area is 118 Å². The topological polar surface area (TPSA) is 58.4 Å². The molecule has 1 atom stereocenters. The predicted octanol–water partition coefficient (Wildman–Crippen LogP) is 1.74. The highest BCUT2D eigenvalue weighted by atomic mass is 16.1. The Morgan fingerprint density at radius 3 is 2.58 bits per heavy atom. The lowest BCUT2D eigenvalue weighted by atomic mass is 10.1. The first-order chi connectivity index (χ1) is 9.22. The number of carbonyl (C=O) groups is 1. The SMILES string of the molecule is CC(CNC(=O)CCCCCCN)CN1CCCC1. The third kappa shape index (κ3) is 8.22. The van der Waals surface area contributed by atoms with E-state index < -0.39 is 0 Å². The van der Waals surface area contributed by atoms with Crippen molar-refractivity contribution in [2.45, 2.75) is 51.9 Å². The smallest absolute Gasteiger partial charge is 0.220 e. The van der Waals surface area contributed by atoms with Crippen LogP contribution < -0.4 is 11.1 Å². The van der Waals surface area contributed by atoms with Crippen LogP contribution in [0.15, 0.2) is 0 Å². The maximum atomic E-state index is 11.7. The van der Waals surface area contributed by atoms with Gasteiger partial charge in [0.2, 0.25) is 5.91 Å². The lowest BCUT2D eigenvalue weighted by Crippen LogP contribution is -2.34. The second-order valence-electron chi connectivity index (χ2n) is 5.87. The summed E-state index contributed by atoms with van der Waals surface area (Å²) < 4.78 is 0. The van der Waals surface area contributed by atoms with Gasteiger partial charge in [0, 0.05) is 19.5 Å². The molecule has 19 heavy (non-hydrogen) atoms. The van der Waals surface area contributed by atoms with Crippen LogP contribution in [0.4, 0.5) is 0 Å². The van der Waals surface area contributed by atoms with Gasteiger partial charge < -0.3 is 16.0 Å². The van der Waals surface area contributed by atoms with Crippen LogP contribution in [0.3, 0.4) is 0 Å². The molecule has 1 aliphatic rings. The summed E-state index contributed by atoms with van der Waals surface area (Å²) in [5.74, 6) is 0.764. The summed E-state index contributed by atoms with van der Waals surface area (Å²) in [4.78, 5) is 14.2. The molecule has 3 N–H and O–H groups in total. The van der Waals surface area contributed by atoms with E-state index in [1.807, 2.05) is 0 Å². The van der Waals surface area contributed by atoms with E-state index in [4.69, 9.17) is 5.73 Å². The minimum absolute atomic E-state index is 0.209. The fourth-order valence-electron chi connectivity index (χ4n) is 2.63. The third-order valence-electron chi connectivity index (χ3n) is 3.77. The molecule has 4 nitrogen and oxygen atoms in total. The Morgan fingerprint density at radius 2 is 1.89 bits per heavy atom. The second kappa shape index (κ2) is 10.2. The number of nitrogens with one attached hydrogen (secondary N) is 1. The Morgan fingerprint density at radius 1 is 1.21 bits per heavy atom. The van der Waals surface area contributed by atoms with Crippen molar-refractivity contribution in [2.24, 2.45) is 11.7 Å². The highest BCUT2D eigenvalue weighted by Gasteiger charge is 2.14. The van der Waals surface area contributed by atoms with Crippen LogP contribution >= 0.6 is 0 Å². The molecule has 4 heteroatoms. The quantitative estimate of drug-likeness (QED) is 0.594. The van der Waals surface area contributed by atoms with E-state index in [0.717, 1.165) is 45.3 Å². The first kappa shape index (κ1) is 16.4. The summed E-state index contributed by atoms with van der Waals surface area (Å²) in [6.07, 6.45) is 7.68. The van der Waals surface area contributed by atoms with Crippen LogP contribution in [-0.4, -0.2) is 43.5 Å². The molecule has 0 aromatic rings. The van der Waals surface area contributed by atoms with Gasteiger partial charge in [-0.3, -0.25) is 4.79 Å². The zero-order chi connectivity index (χ0) is 13.9. The average Bonchev–Trinajstić information content (AvgIpc) is 2.89. The average molecular weight is 269 g/mol. The molecule has 0 aromatic heterocycles. The Balaban J connectivity index is 1.96. The van der Waals surface area contributed by atoms with Gasteiger partial charge in [-0.2, -0.15) is 0 Å². The number of amides is 1. The highest BCUT2D eigenvalue weighted by molar-refractivity contribution is 5.75. The van der Waals surface area contributed by atoms with E-state index >= 15 is 0 Å². The van der Waals surface area contributed by atoms with Crippen molar-refractivity contribution >= 4 is 5.91 Å². The van der Waals surface area contributed by atoms with Crippen molar-refractivity contribution in [3.8, 4) is 0 Å². The van der Waals surface area contributed by atoms with Gasteiger partial charge in [0.25, 0.3) is 0 Å². The summed E-state index contributed by atoms with van der Waals surface area (Å²) in [7, 11) is 0. The van der Waals surface area contributed by atoms with Crippen LogP contribution in [0.5, 0.6) is 0 Å². The van der Waals surface area contributed by atoms with Gasteiger partial charge in [-0.15, -0.1) is 0 Å². The molecule has 1 aliphatic heterocycles. The number of hydrogen-bond donors (Lipinski definition) is 2. The number of nitrogens with two attached hydrogens (primary N) is 1. The highest BCUT2D eigenvalue weighted by Crippen LogP contribution is 2.09. The van der Waals surface area contributed by atoms with Crippen molar-refractivity contribution in [1.82, 2.24) is 10.2 Å². The van der Waals surface area contributed by atoms with E-state index in [1.54, 1.807) is 0 Å². The molecule has 0 radical (unpaired) electrons. The van der Waals surface area contributed by atoms with Gasteiger partial charge in [-0.1, -0.05) is 19.8 Å². The van der Waals surface area contributed by atoms with Crippen molar-refractivity contribution in [1.29, 1.82) is 0 Å². The van der Waals surface area contributed by atoms with Crippen LogP contribution in [0.1, 0.15) is 51.9 Å². The molecule has 0 bridgehead atoms. The van der Waals surface area contributed by atoms with Gasteiger partial charge >= 0.3 is 0 Å². The third-order valence-corrected chi connectivity index (χ3v) is 3.77. The summed E-state index contributed by atoms with van der Waals surface area (Å²) in [5, 5.41) is 3.06. The summed E-state index contributed by atoms with van der Waals surface area (Å²) >= 11 is 0. The van der Waals surface area contributed by atoms with Crippen molar-refractivity contribution in [2.75, 3.05) is 32.7 Å². The second-order valence-corrected chi connectivity index (χ2v) is 5.87. The van der Waals surface area contributed by atoms with Crippen LogP contribution in [0.2, 0.25) is 0 Å². The van der Waals surface area contributed by atoms with Crippen LogP contribution in [0.25, 0.3) is 0 Å². The van der Waals surface area contributed by atoms with Crippen molar-refractivity contribution in [3.63, 3.8) is 0 Å². The van der Waals surface area contributed by atoms with E-state index in [0.29, 0.717) is 12.3 Å². The van der Waals surface area contributed by atoms with Crippen molar-refractivity contribution < 1.29 is 4.79 Å². The minimum atomic E-state index is 0.209. The Kier molecular flexibility index (Phi) is 8.84. The molecule has 0 aromatic carbocycles. The molecular weight excluding hydrogens is 238 g/mol. The molecule has 1 unspecified atom stereocenters. The van der Waals surface area contributed by atoms with Crippen LogP contribution in [-0.2, 0) is 4.79 Å². The molecule has 1 fully saturated rings. The van der Waals surface area contributed by atoms with Gasteiger partial charge in [0.15, 0.2) is 0 Å². The van der Waals surface area contributed by atoms with Gasteiger partial charge in [0.05, 0.1) is 0 Å². The zero-order valence-electron chi connectivity index (χ0n) is 12.5. The summed E-state index contributed by atoms with van der Waals surface area (Å²) in [6.45, 7) is 7.40. The summed E-state index contributed by atoms with van der Waals surface area (Å²) in [5.41, 5.74) is 5.44. The van der Waals surface area contributed by atoms with E-state index in [1.165, 1.54) is 25.9 Å². The lowest BCUT2D eigenvalue weighted by Gasteiger charge is -2.20. The molecule has 1 amide bonds. The zero-order valence-corrected chi connectivity index (χ0v) is 12.5. The maximum Gasteiger partial charge on any atom is 0.220 e. The number of carbonyl (C=O) groups excluding carboxylic acids is 1. The number of likely N-dealkylation sites (tertiary alicyclic amines) is 1. The van der Waals surface area contributed by atoms with E-state index in [2.05, 4.69) is 17.1 Å². The first-order valence-corrected chi connectivity index (χ1v) is 7.91. The predicted molar refractivity (Wildman–Crippen MR) is 80.0 cm³/mol. The molecule has 0 saturated carbocycles. The van der Waals surface area contributed by atoms with Gasteiger partial charge in [0.1, 0.15) is 0 Å². The number of rotatable bonds is 10.